The van der Waals surface area contributed by atoms with Crippen LogP contribution >= 0.6 is 11.6 Å². The Bertz CT molecular complexity index is 1800. The summed E-state index contributed by atoms with van der Waals surface area (Å²) in [4.78, 5) is 44.3. The second kappa shape index (κ2) is 11.4. The number of benzene rings is 1. The lowest BCUT2D eigenvalue weighted by Gasteiger charge is -2.24. The quantitative estimate of drug-likeness (QED) is 0.274. The van der Waals surface area contributed by atoms with Gasteiger partial charge in [0.2, 0.25) is 0 Å². The largest absolute Gasteiger partial charge is 0.435 e. The normalized spacial score (nSPS) is 27.0. The number of urea groups is 1. The number of anilines is 1. The Balaban J connectivity index is 0.967. The first-order valence-corrected chi connectivity index (χ1v) is 15.7. The first-order valence-electron chi connectivity index (χ1n) is 15.3. The summed E-state index contributed by atoms with van der Waals surface area (Å²) in [7, 11) is 1.31. The van der Waals surface area contributed by atoms with Crippen LogP contribution in [0.1, 0.15) is 58.4 Å². The number of rotatable bonds is 7. The number of halogens is 6. The smallest absolute Gasteiger partial charge is 0.391 e. The summed E-state index contributed by atoms with van der Waals surface area (Å²) >= 11 is 6.38. The van der Waals surface area contributed by atoms with E-state index in [9.17, 15) is 41.4 Å². The van der Waals surface area contributed by atoms with Gasteiger partial charge in [0.15, 0.2) is 11.5 Å². The predicted octanol–water partition coefficient (Wildman–Crippen LogP) is 4.07. The van der Waals surface area contributed by atoms with Crippen LogP contribution in [0, 0.1) is 11.8 Å². The number of aliphatic hydroxyl groups excluding tert-OH is 1. The van der Waals surface area contributed by atoms with Gasteiger partial charge in [0.1, 0.15) is 6.04 Å². The SMILES string of the molecule is Cn1c(-c2cn(C3CC3(F)F)nc2C(F)(F)F)cnc1C(=O)Nc1ccc(C(=O)NC2[C@H]3CN(C(=O)N[C@H]4CCC[C@@H]4O)C[C@@H]23)c(Cl)c1. The van der Waals surface area contributed by atoms with Gasteiger partial charge in [-0.2, -0.15) is 18.3 Å². The molecular weight excluding hydrogens is 667 g/mol. The average molecular weight is 697 g/mol. The highest BCUT2D eigenvalue weighted by Crippen LogP contribution is 2.53. The molecule has 2 unspecified atom stereocenters. The van der Waals surface area contributed by atoms with Crippen LogP contribution in [0.3, 0.4) is 0 Å². The molecule has 4 N–H and O–H groups in total. The molecule has 256 valence electrons. The van der Waals surface area contributed by atoms with Crippen molar-refractivity contribution in [3.8, 4) is 11.3 Å². The fraction of sp³-hybridized carbons (Fsp3) is 0.500. The number of imidazole rings is 1. The summed E-state index contributed by atoms with van der Waals surface area (Å²) in [5, 5.41) is 21.8. The number of fused-ring (bicyclic) bond motifs is 1. The van der Waals surface area contributed by atoms with Crippen molar-refractivity contribution in [2.75, 3.05) is 18.4 Å². The number of nitrogens with one attached hydrogen (secondary N) is 3. The van der Waals surface area contributed by atoms with Gasteiger partial charge in [0.05, 0.1) is 40.2 Å². The number of aromatic nitrogens is 4. The third kappa shape index (κ3) is 5.86. The Morgan fingerprint density at radius 2 is 1.79 bits per heavy atom. The van der Waals surface area contributed by atoms with E-state index in [1.807, 2.05) is 0 Å². The molecule has 1 aliphatic heterocycles. The predicted molar refractivity (Wildman–Crippen MR) is 159 cm³/mol. The van der Waals surface area contributed by atoms with Crippen LogP contribution in [-0.2, 0) is 13.2 Å². The number of hydrogen-bond donors (Lipinski definition) is 4. The lowest BCUT2D eigenvalue weighted by Crippen LogP contribution is -2.48. The van der Waals surface area contributed by atoms with Gasteiger partial charge >= 0.3 is 12.2 Å². The summed E-state index contributed by atoms with van der Waals surface area (Å²) < 4.78 is 70.0. The van der Waals surface area contributed by atoms with Gasteiger partial charge < -0.3 is 30.5 Å². The van der Waals surface area contributed by atoms with Gasteiger partial charge in [0.25, 0.3) is 17.7 Å². The van der Waals surface area contributed by atoms with Crippen molar-refractivity contribution in [2.24, 2.45) is 18.9 Å². The van der Waals surface area contributed by atoms with E-state index in [4.69, 9.17) is 11.6 Å². The topological polar surface area (TPSA) is 146 Å². The Kier molecular flexibility index (Phi) is 7.69. The first kappa shape index (κ1) is 32.3. The van der Waals surface area contributed by atoms with E-state index in [2.05, 4.69) is 26.0 Å². The maximum Gasteiger partial charge on any atom is 0.435 e. The molecule has 3 saturated carbocycles. The minimum Gasteiger partial charge on any atom is -0.391 e. The Labute approximate surface area is 274 Å². The molecule has 2 aromatic heterocycles. The summed E-state index contributed by atoms with van der Waals surface area (Å²) in [6, 6.07) is 2.12. The Morgan fingerprint density at radius 1 is 1.08 bits per heavy atom. The zero-order valence-corrected chi connectivity index (χ0v) is 26.0. The van der Waals surface area contributed by atoms with Gasteiger partial charge in [-0.15, -0.1) is 0 Å². The number of carbonyl (C=O) groups is 3. The average Bonchev–Trinajstić information content (AvgIpc) is 3.46. The molecule has 1 saturated heterocycles. The molecule has 18 heteroatoms. The molecule has 3 aromatic rings. The fourth-order valence-electron chi connectivity index (χ4n) is 6.76. The Morgan fingerprint density at radius 3 is 2.40 bits per heavy atom. The number of piperidine rings is 1. The van der Waals surface area contributed by atoms with Crippen LogP contribution < -0.4 is 16.0 Å². The monoisotopic (exact) mass is 696 g/mol. The molecule has 0 radical (unpaired) electrons. The number of nitrogens with zero attached hydrogens (tertiary/aromatic N) is 5. The molecular formula is C30H30ClF5N8O4. The second-order valence-corrected chi connectivity index (χ2v) is 13.2. The van der Waals surface area contributed by atoms with E-state index in [0.29, 0.717) is 24.2 Å². The molecule has 4 aliphatic rings. The lowest BCUT2D eigenvalue weighted by molar-refractivity contribution is -0.141. The van der Waals surface area contributed by atoms with E-state index < -0.39 is 53.7 Å². The molecule has 48 heavy (non-hydrogen) atoms. The van der Waals surface area contributed by atoms with Crippen molar-refractivity contribution < 1.29 is 41.4 Å². The maximum atomic E-state index is 13.7. The summed E-state index contributed by atoms with van der Waals surface area (Å²) in [5.74, 6) is -4.45. The van der Waals surface area contributed by atoms with Crippen molar-refractivity contribution in [1.29, 1.82) is 0 Å². The molecule has 4 fully saturated rings. The highest BCUT2D eigenvalue weighted by atomic mass is 35.5. The Hall–Kier alpha value is -4.25. The number of likely N-dealkylation sites (tertiary alicyclic amines) is 1. The van der Waals surface area contributed by atoms with Crippen LogP contribution in [0.5, 0.6) is 0 Å². The number of amides is 4. The van der Waals surface area contributed by atoms with Gasteiger partial charge in [-0.3, -0.25) is 14.3 Å². The van der Waals surface area contributed by atoms with Gasteiger partial charge in [-0.05, 0) is 37.5 Å². The number of hydrogen-bond acceptors (Lipinski definition) is 6. The van der Waals surface area contributed by atoms with E-state index in [-0.39, 0.29) is 57.7 Å². The molecule has 7 rings (SSSR count). The standard InChI is InChI=1S/C30H30ClF5N8O4/c1-42-20(17-12-44(22-8-29(22,32)33)41-24(17)30(34,35)36)9-37-25(42)27(47)38-13-5-6-14(18(31)7-13)26(46)40-23-15-10-43(11-16(15)23)28(48)39-19-3-2-4-21(19)45/h5-7,9,12,15-16,19,21-23,45H,2-4,8,10-11H2,1H3,(H,38,47)(H,39,48)(H,40,46)/t15-,16+,19-,21-,22?,23?/m0/s1. The zero-order chi connectivity index (χ0) is 34.3. The molecule has 3 aliphatic carbocycles. The van der Waals surface area contributed by atoms with E-state index in [1.54, 1.807) is 4.90 Å². The highest BCUT2D eigenvalue weighted by Gasteiger charge is 2.60. The first-order chi connectivity index (χ1) is 22.6. The van der Waals surface area contributed by atoms with Crippen molar-refractivity contribution >= 4 is 35.1 Å². The molecule has 1 aromatic carbocycles. The fourth-order valence-corrected chi connectivity index (χ4v) is 7.03. The number of aliphatic hydroxyl groups is 1. The van der Waals surface area contributed by atoms with Crippen LogP contribution in [0.25, 0.3) is 11.3 Å². The summed E-state index contributed by atoms with van der Waals surface area (Å²) in [6.45, 7) is 0.961. The number of carbonyl (C=O) groups excluding carboxylic acids is 3. The van der Waals surface area contributed by atoms with Crippen molar-refractivity contribution in [3.63, 3.8) is 0 Å². The van der Waals surface area contributed by atoms with Gasteiger partial charge in [-0.25, -0.2) is 18.6 Å². The molecule has 12 nitrogen and oxygen atoms in total. The molecule has 6 atom stereocenters. The number of alkyl halides is 5. The van der Waals surface area contributed by atoms with Crippen LogP contribution in [-0.4, -0.2) is 84.4 Å². The van der Waals surface area contributed by atoms with Crippen LogP contribution in [0.15, 0.2) is 30.6 Å². The van der Waals surface area contributed by atoms with Gasteiger partial charge in [-0.1, -0.05) is 11.6 Å². The zero-order valence-electron chi connectivity index (χ0n) is 25.3. The second-order valence-electron chi connectivity index (χ2n) is 12.8. The molecule has 4 amide bonds. The minimum absolute atomic E-state index is 0.0341. The van der Waals surface area contributed by atoms with E-state index >= 15 is 0 Å². The molecule has 0 bridgehead atoms. The summed E-state index contributed by atoms with van der Waals surface area (Å²) in [6.07, 6.45) is -1.92. The van der Waals surface area contributed by atoms with E-state index in [0.717, 1.165) is 29.8 Å². The maximum absolute atomic E-state index is 13.7. The minimum atomic E-state index is -4.95. The molecule has 3 heterocycles. The summed E-state index contributed by atoms with van der Waals surface area (Å²) in [5.41, 5.74) is -1.70. The third-order valence-electron chi connectivity index (χ3n) is 9.62. The van der Waals surface area contributed by atoms with Crippen LogP contribution in [0.2, 0.25) is 5.02 Å². The van der Waals surface area contributed by atoms with Gasteiger partial charge in [0, 0.05) is 56.3 Å². The van der Waals surface area contributed by atoms with Crippen molar-refractivity contribution in [2.45, 2.75) is 62.0 Å². The highest BCUT2D eigenvalue weighted by molar-refractivity contribution is 6.34. The van der Waals surface area contributed by atoms with Crippen LogP contribution in [0.4, 0.5) is 32.4 Å². The van der Waals surface area contributed by atoms with E-state index in [1.165, 1.54) is 25.2 Å². The molecule has 0 spiro atoms. The lowest BCUT2D eigenvalue weighted by atomic mass is 10.2. The van der Waals surface area contributed by atoms with Crippen molar-refractivity contribution in [3.05, 3.63) is 52.7 Å². The third-order valence-corrected chi connectivity index (χ3v) is 9.93. The van der Waals surface area contributed by atoms with Crippen molar-refractivity contribution in [1.82, 2.24) is 34.9 Å².